The molecular formula is C10H14OS2. The van der Waals surface area contributed by atoms with Crippen molar-refractivity contribution in [2.75, 3.05) is 0 Å². The van der Waals surface area contributed by atoms with E-state index in [1.165, 1.54) is 10.8 Å². The summed E-state index contributed by atoms with van der Waals surface area (Å²) in [5.74, 6) is 0. The van der Waals surface area contributed by atoms with E-state index in [9.17, 15) is 5.11 Å². The largest absolute Gasteiger partial charge is 0.390 e. The molecule has 0 aliphatic heterocycles. The molecule has 0 atom stereocenters. The first-order chi connectivity index (χ1) is 6.01. The molecule has 1 rings (SSSR count). The minimum Gasteiger partial charge on any atom is -0.390 e. The maximum atomic E-state index is 9.58. The summed E-state index contributed by atoms with van der Waals surface area (Å²) in [6.07, 6.45) is 0.685. The predicted octanol–water partition coefficient (Wildman–Crippen LogP) is 2.94. The summed E-state index contributed by atoms with van der Waals surface area (Å²) in [5, 5.41) is 9.58. The van der Waals surface area contributed by atoms with E-state index in [4.69, 9.17) is 0 Å². The highest BCUT2D eigenvalue weighted by Crippen LogP contribution is 2.22. The van der Waals surface area contributed by atoms with Crippen LogP contribution in [0, 0.1) is 0 Å². The van der Waals surface area contributed by atoms with Crippen molar-refractivity contribution in [2.45, 2.75) is 30.8 Å². The monoisotopic (exact) mass is 214 g/mol. The van der Waals surface area contributed by atoms with Crippen molar-refractivity contribution in [2.24, 2.45) is 0 Å². The number of benzene rings is 1. The summed E-state index contributed by atoms with van der Waals surface area (Å²) >= 11 is 4.10. The van der Waals surface area contributed by atoms with Crippen LogP contribution < -0.4 is 0 Å². The molecule has 0 saturated heterocycles. The second kappa shape index (κ2) is 4.40. The van der Waals surface area contributed by atoms with Crippen molar-refractivity contribution in [3.63, 3.8) is 0 Å². The van der Waals surface area contributed by atoms with E-state index in [1.807, 2.05) is 38.1 Å². The third-order valence-corrected chi connectivity index (χ3v) is 2.78. The summed E-state index contributed by atoms with van der Waals surface area (Å²) in [6, 6.07) is 8.07. The average Bonchev–Trinajstić information content (AvgIpc) is 2.03. The highest BCUT2D eigenvalue weighted by molar-refractivity contribution is 8.68. The van der Waals surface area contributed by atoms with Crippen LogP contribution in [0.1, 0.15) is 19.4 Å². The molecule has 72 valence electrons. The molecule has 0 heterocycles. The van der Waals surface area contributed by atoms with E-state index in [2.05, 4.69) is 11.7 Å². The zero-order chi connectivity index (χ0) is 9.90. The number of thiol groups is 1. The molecule has 0 fully saturated rings. The first-order valence-electron chi connectivity index (χ1n) is 4.14. The maximum Gasteiger partial charge on any atom is 0.0631 e. The van der Waals surface area contributed by atoms with Gasteiger partial charge in [0.25, 0.3) is 0 Å². The van der Waals surface area contributed by atoms with Crippen LogP contribution in [-0.4, -0.2) is 10.7 Å². The smallest absolute Gasteiger partial charge is 0.0631 e. The van der Waals surface area contributed by atoms with E-state index >= 15 is 0 Å². The molecule has 1 aromatic carbocycles. The van der Waals surface area contributed by atoms with Crippen molar-refractivity contribution in [3.8, 4) is 0 Å². The fourth-order valence-electron chi connectivity index (χ4n) is 1.17. The highest BCUT2D eigenvalue weighted by Gasteiger charge is 2.12. The maximum absolute atomic E-state index is 9.58. The molecule has 1 N–H and O–H groups in total. The Morgan fingerprint density at radius 3 is 2.23 bits per heavy atom. The van der Waals surface area contributed by atoms with Crippen LogP contribution in [0.2, 0.25) is 0 Å². The van der Waals surface area contributed by atoms with Gasteiger partial charge >= 0.3 is 0 Å². The number of hydrogen-bond acceptors (Lipinski definition) is 3. The Morgan fingerprint density at radius 2 is 1.85 bits per heavy atom. The fraction of sp³-hybridized carbons (Fsp3) is 0.400. The average molecular weight is 214 g/mol. The van der Waals surface area contributed by atoms with E-state index in [1.54, 1.807) is 0 Å². The van der Waals surface area contributed by atoms with Gasteiger partial charge in [-0.1, -0.05) is 22.9 Å². The van der Waals surface area contributed by atoms with Crippen LogP contribution in [-0.2, 0) is 6.42 Å². The minimum absolute atomic E-state index is 0.629. The molecule has 13 heavy (non-hydrogen) atoms. The van der Waals surface area contributed by atoms with Crippen molar-refractivity contribution in [1.29, 1.82) is 0 Å². The molecule has 3 heteroatoms. The number of hydrogen-bond donors (Lipinski definition) is 2. The Labute approximate surface area is 88.4 Å². The van der Waals surface area contributed by atoms with E-state index < -0.39 is 5.60 Å². The predicted molar refractivity (Wildman–Crippen MR) is 61.3 cm³/mol. The van der Waals surface area contributed by atoms with Crippen LogP contribution in [0.5, 0.6) is 0 Å². The molecular weight excluding hydrogens is 200 g/mol. The molecule has 0 spiro atoms. The minimum atomic E-state index is -0.629. The van der Waals surface area contributed by atoms with Gasteiger partial charge in [0.1, 0.15) is 0 Å². The molecule has 1 aromatic rings. The molecule has 0 saturated carbocycles. The Kier molecular flexibility index (Phi) is 3.71. The van der Waals surface area contributed by atoms with E-state index in [0.29, 0.717) is 6.42 Å². The third-order valence-electron chi connectivity index (χ3n) is 1.67. The van der Waals surface area contributed by atoms with Crippen LogP contribution in [0.25, 0.3) is 0 Å². The van der Waals surface area contributed by atoms with Gasteiger partial charge in [-0.05, 0) is 31.5 Å². The molecule has 0 unspecified atom stereocenters. The Hall–Kier alpha value is -0.120. The molecule has 0 aliphatic rings. The summed E-state index contributed by atoms with van der Waals surface area (Å²) in [7, 11) is 1.43. The second-order valence-electron chi connectivity index (χ2n) is 3.72. The second-order valence-corrected chi connectivity index (χ2v) is 4.93. The lowest BCUT2D eigenvalue weighted by Crippen LogP contribution is -2.21. The Morgan fingerprint density at radius 1 is 1.31 bits per heavy atom. The van der Waals surface area contributed by atoms with Gasteiger partial charge in [0.05, 0.1) is 5.60 Å². The van der Waals surface area contributed by atoms with Crippen molar-refractivity contribution in [3.05, 3.63) is 29.8 Å². The van der Waals surface area contributed by atoms with Gasteiger partial charge in [-0.25, -0.2) is 0 Å². The zero-order valence-corrected chi connectivity index (χ0v) is 9.53. The van der Waals surface area contributed by atoms with Gasteiger partial charge in [-0.2, -0.15) is 0 Å². The van der Waals surface area contributed by atoms with Crippen molar-refractivity contribution < 1.29 is 5.11 Å². The van der Waals surface area contributed by atoms with Crippen LogP contribution in [0.15, 0.2) is 29.2 Å². The SMILES string of the molecule is CC(C)(O)Cc1ccc(SS)cc1. The van der Waals surface area contributed by atoms with Crippen molar-refractivity contribution in [1.82, 2.24) is 0 Å². The van der Waals surface area contributed by atoms with Gasteiger partial charge in [0.2, 0.25) is 0 Å². The topological polar surface area (TPSA) is 20.2 Å². The normalized spacial score (nSPS) is 11.7. The summed E-state index contributed by atoms with van der Waals surface area (Å²) in [5.41, 5.74) is 0.522. The van der Waals surface area contributed by atoms with Crippen LogP contribution in [0.3, 0.4) is 0 Å². The standard InChI is InChI=1S/C10H14OS2/c1-10(2,11)7-8-3-5-9(13-12)6-4-8/h3-6,11-12H,7H2,1-2H3. The lowest BCUT2D eigenvalue weighted by atomic mass is 9.99. The zero-order valence-electron chi connectivity index (χ0n) is 7.82. The molecule has 0 bridgehead atoms. The summed E-state index contributed by atoms with van der Waals surface area (Å²) < 4.78 is 0. The lowest BCUT2D eigenvalue weighted by molar-refractivity contribution is 0.0810. The van der Waals surface area contributed by atoms with Crippen LogP contribution in [0.4, 0.5) is 0 Å². The highest BCUT2D eigenvalue weighted by atomic mass is 33.1. The van der Waals surface area contributed by atoms with Gasteiger partial charge in [-0.15, -0.1) is 11.7 Å². The van der Waals surface area contributed by atoms with Gasteiger partial charge in [0.15, 0.2) is 0 Å². The molecule has 0 aliphatic carbocycles. The first-order valence-corrected chi connectivity index (χ1v) is 6.01. The fourth-order valence-corrected chi connectivity index (χ4v) is 1.79. The third kappa shape index (κ3) is 4.07. The molecule has 0 radical (unpaired) electrons. The van der Waals surface area contributed by atoms with Gasteiger partial charge in [0, 0.05) is 11.3 Å². The number of aliphatic hydroxyl groups is 1. The molecule has 1 nitrogen and oxygen atoms in total. The first kappa shape index (κ1) is 11.0. The Balaban J connectivity index is 2.70. The summed E-state index contributed by atoms with van der Waals surface area (Å²) in [4.78, 5) is 1.13. The number of rotatable bonds is 3. The van der Waals surface area contributed by atoms with Crippen molar-refractivity contribution >= 4 is 22.5 Å². The Bertz CT molecular complexity index is 261. The quantitative estimate of drug-likeness (QED) is 0.596. The van der Waals surface area contributed by atoms with Crippen LogP contribution >= 0.6 is 22.5 Å². The van der Waals surface area contributed by atoms with Gasteiger partial charge in [-0.3, -0.25) is 0 Å². The molecule has 0 amide bonds. The van der Waals surface area contributed by atoms with Gasteiger partial charge < -0.3 is 5.11 Å². The lowest BCUT2D eigenvalue weighted by Gasteiger charge is -2.16. The summed E-state index contributed by atoms with van der Waals surface area (Å²) in [6.45, 7) is 3.63. The van der Waals surface area contributed by atoms with E-state index in [0.717, 1.165) is 10.5 Å². The van der Waals surface area contributed by atoms with E-state index in [-0.39, 0.29) is 0 Å². The molecule has 0 aromatic heterocycles.